The Bertz CT molecular complexity index is 278. The van der Waals surface area contributed by atoms with Crippen LogP contribution in [0.2, 0.25) is 0 Å². The maximum Gasteiger partial charge on any atom is 0.159 e. The highest BCUT2D eigenvalue weighted by molar-refractivity contribution is 7.99. The van der Waals surface area contributed by atoms with Gasteiger partial charge in [0.05, 0.1) is 0 Å². The fourth-order valence-corrected chi connectivity index (χ4v) is 1.74. The van der Waals surface area contributed by atoms with Crippen LogP contribution in [0.15, 0.2) is 23.1 Å². The smallest absolute Gasteiger partial charge is 0.159 e. The molecule has 2 N–H and O–H groups in total. The van der Waals surface area contributed by atoms with Crippen molar-refractivity contribution in [3.8, 4) is 0 Å². The summed E-state index contributed by atoms with van der Waals surface area (Å²) in [5.41, 5.74) is 5.30. The molecule has 1 aromatic carbocycles. The van der Waals surface area contributed by atoms with Gasteiger partial charge in [-0.1, -0.05) is 0 Å². The summed E-state index contributed by atoms with van der Waals surface area (Å²) < 4.78 is 25.2. The molecule has 0 aliphatic heterocycles. The lowest BCUT2D eigenvalue weighted by molar-refractivity contribution is 0.506. The first-order valence-electron chi connectivity index (χ1n) is 4.02. The van der Waals surface area contributed by atoms with E-state index in [0.29, 0.717) is 6.54 Å². The molecule has 0 fully saturated rings. The zero-order chi connectivity index (χ0) is 9.68. The quantitative estimate of drug-likeness (QED) is 0.600. The topological polar surface area (TPSA) is 26.0 Å². The van der Waals surface area contributed by atoms with Gasteiger partial charge in [0.1, 0.15) is 0 Å². The molecule has 0 bridgehead atoms. The molecular formula is C9H11F2NS. The molecule has 0 aliphatic carbocycles. The number of halogens is 2. The first kappa shape index (κ1) is 10.5. The van der Waals surface area contributed by atoms with E-state index in [1.54, 1.807) is 6.07 Å². The maximum atomic E-state index is 12.7. The molecule has 1 aromatic rings. The third-order valence-electron chi connectivity index (χ3n) is 1.51. The molecule has 0 atom stereocenters. The van der Waals surface area contributed by atoms with Crippen LogP contribution < -0.4 is 5.73 Å². The highest BCUT2D eigenvalue weighted by atomic mass is 32.2. The van der Waals surface area contributed by atoms with E-state index in [4.69, 9.17) is 5.73 Å². The van der Waals surface area contributed by atoms with Crippen molar-refractivity contribution in [2.45, 2.75) is 11.3 Å². The molecule has 0 heterocycles. The monoisotopic (exact) mass is 203 g/mol. The van der Waals surface area contributed by atoms with Gasteiger partial charge >= 0.3 is 0 Å². The van der Waals surface area contributed by atoms with Gasteiger partial charge in [-0.3, -0.25) is 0 Å². The SMILES string of the molecule is NCCCSc1ccc(F)c(F)c1. The van der Waals surface area contributed by atoms with Crippen LogP contribution in [0.3, 0.4) is 0 Å². The summed E-state index contributed by atoms with van der Waals surface area (Å²) in [6.07, 6.45) is 0.879. The summed E-state index contributed by atoms with van der Waals surface area (Å²) in [4.78, 5) is 0.743. The van der Waals surface area contributed by atoms with Gasteiger partial charge in [-0.2, -0.15) is 0 Å². The van der Waals surface area contributed by atoms with Crippen molar-refractivity contribution in [3.05, 3.63) is 29.8 Å². The van der Waals surface area contributed by atoms with Crippen LogP contribution in [0.5, 0.6) is 0 Å². The number of rotatable bonds is 4. The summed E-state index contributed by atoms with van der Waals surface area (Å²) >= 11 is 1.48. The van der Waals surface area contributed by atoms with E-state index in [0.717, 1.165) is 23.1 Å². The Labute approximate surface area is 80.3 Å². The lowest BCUT2D eigenvalue weighted by Crippen LogP contribution is -1.99. The summed E-state index contributed by atoms with van der Waals surface area (Å²) in [5, 5.41) is 0. The molecule has 0 aromatic heterocycles. The van der Waals surface area contributed by atoms with Crippen molar-refractivity contribution in [2.75, 3.05) is 12.3 Å². The van der Waals surface area contributed by atoms with Crippen LogP contribution in [-0.2, 0) is 0 Å². The third-order valence-corrected chi connectivity index (χ3v) is 2.59. The molecule has 72 valence electrons. The zero-order valence-corrected chi connectivity index (χ0v) is 7.91. The van der Waals surface area contributed by atoms with Crippen LogP contribution in [-0.4, -0.2) is 12.3 Å². The maximum absolute atomic E-state index is 12.7. The van der Waals surface area contributed by atoms with Crippen molar-refractivity contribution in [1.82, 2.24) is 0 Å². The van der Waals surface area contributed by atoms with E-state index >= 15 is 0 Å². The Kier molecular flexibility index (Phi) is 4.18. The molecule has 0 aliphatic rings. The lowest BCUT2D eigenvalue weighted by Gasteiger charge is -2.00. The fraction of sp³-hybridized carbons (Fsp3) is 0.333. The van der Waals surface area contributed by atoms with Gasteiger partial charge in [-0.05, 0) is 36.9 Å². The molecule has 1 nitrogen and oxygen atoms in total. The molecule has 0 unspecified atom stereocenters. The predicted molar refractivity (Wildman–Crippen MR) is 50.8 cm³/mol. The van der Waals surface area contributed by atoms with Crippen molar-refractivity contribution in [2.24, 2.45) is 5.73 Å². The molecule has 1 rings (SSSR count). The molecule has 13 heavy (non-hydrogen) atoms. The summed E-state index contributed by atoms with van der Waals surface area (Å²) in [6, 6.07) is 3.91. The van der Waals surface area contributed by atoms with Gasteiger partial charge < -0.3 is 5.73 Å². The summed E-state index contributed by atoms with van der Waals surface area (Å²) in [6.45, 7) is 0.622. The Morgan fingerprint density at radius 3 is 2.62 bits per heavy atom. The molecule has 0 spiro atoms. The third kappa shape index (κ3) is 3.32. The van der Waals surface area contributed by atoms with E-state index in [1.165, 1.54) is 17.8 Å². The van der Waals surface area contributed by atoms with Crippen molar-refractivity contribution in [1.29, 1.82) is 0 Å². The minimum absolute atomic E-state index is 0.622. The number of hydrogen-bond acceptors (Lipinski definition) is 2. The summed E-state index contributed by atoms with van der Waals surface area (Å²) in [7, 11) is 0. The Morgan fingerprint density at radius 2 is 2.00 bits per heavy atom. The van der Waals surface area contributed by atoms with Gasteiger partial charge in [-0.15, -0.1) is 11.8 Å². The van der Waals surface area contributed by atoms with Crippen LogP contribution >= 0.6 is 11.8 Å². The van der Waals surface area contributed by atoms with Gasteiger partial charge in [0, 0.05) is 4.90 Å². The second kappa shape index (κ2) is 5.19. The first-order chi connectivity index (χ1) is 6.24. The van der Waals surface area contributed by atoms with Crippen LogP contribution in [0.25, 0.3) is 0 Å². The Balaban J connectivity index is 2.53. The van der Waals surface area contributed by atoms with Crippen LogP contribution in [0.4, 0.5) is 8.78 Å². The first-order valence-corrected chi connectivity index (χ1v) is 5.00. The summed E-state index contributed by atoms with van der Waals surface area (Å²) in [5.74, 6) is -0.761. The minimum Gasteiger partial charge on any atom is -0.330 e. The Hall–Kier alpha value is -0.610. The van der Waals surface area contributed by atoms with Crippen molar-refractivity contribution < 1.29 is 8.78 Å². The lowest BCUT2D eigenvalue weighted by atomic mass is 10.3. The molecule has 0 amide bonds. The zero-order valence-electron chi connectivity index (χ0n) is 7.09. The Morgan fingerprint density at radius 1 is 1.23 bits per heavy atom. The molecule has 0 saturated carbocycles. The molecule has 0 saturated heterocycles. The van der Waals surface area contributed by atoms with Crippen molar-refractivity contribution in [3.63, 3.8) is 0 Å². The molecule has 0 radical (unpaired) electrons. The van der Waals surface area contributed by atoms with E-state index < -0.39 is 11.6 Å². The fourth-order valence-electron chi connectivity index (χ4n) is 0.840. The van der Waals surface area contributed by atoms with Gasteiger partial charge in [0.15, 0.2) is 11.6 Å². The number of hydrogen-bond donors (Lipinski definition) is 1. The second-order valence-corrected chi connectivity index (χ2v) is 3.73. The molecular weight excluding hydrogens is 192 g/mol. The average Bonchev–Trinajstić information content (AvgIpc) is 2.12. The number of thioether (sulfide) groups is 1. The minimum atomic E-state index is -0.803. The predicted octanol–water partition coefficient (Wildman–Crippen LogP) is 2.41. The van der Waals surface area contributed by atoms with Gasteiger partial charge in [0.2, 0.25) is 0 Å². The van der Waals surface area contributed by atoms with E-state index in [9.17, 15) is 8.78 Å². The number of nitrogens with two attached hydrogens (primary N) is 1. The van der Waals surface area contributed by atoms with Crippen molar-refractivity contribution >= 4 is 11.8 Å². The van der Waals surface area contributed by atoms with E-state index in [1.807, 2.05) is 0 Å². The standard InChI is InChI=1S/C9H11F2NS/c10-8-3-2-7(6-9(8)11)13-5-1-4-12/h2-3,6H,1,4-5,12H2. The average molecular weight is 203 g/mol. The normalized spacial score (nSPS) is 10.4. The second-order valence-electron chi connectivity index (χ2n) is 2.57. The van der Waals surface area contributed by atoms with Crippen LogP contribution in [0, 0.1) is 11.6 Å². The number of benzene rings is 1. The van der Waals surface area contributed by atoms with Gasteiger partial charge in [0.25, 0.3) is 0 Å². The van der Waals surface area contributed by atoms with E-state index in [2.05, 4.69) is 0 Å². The molecule has 4 heteroatoms. The highest BCUT2D eigenvalue weighted by Crippen LogP contribution is 2.20. The van der Waals surface area contributed by atoms with Gasteiger partial charge in [-0.25, -0.2) is 8.78 Å². The van der Waals surface area contributed by atoms with E-state index in [-0.39, 0.29) is 0 Å². The highest BCUT2D eigenvalue weighted by Gasteiger charge is 2.01. The van der Waals surface area contributed by atoms with Crippen LogP contribution in [0.1, 0.15) is 6.42 Å². The largest absolute Gasteiger partial charge is 0.330 e.